The van der Waals surface area contributed by atoms with Gasteiger partial charge in [-0.05, 0) is 55.4 Å². The van der Waals surface area contributed by atoms with E-state index in [1.807, 2.05) is 62.4 Å². The van der Waals surface area contributed by atoms with Crippen molar-refractivity contribution in [2.45, 2.75) is 53.0 Å². The second kappa shape index (κ2) is 10.6. The van der Waals surface area contributed by atoms with Gasteiger partial charge in [0.1, 0.15) is 0 Å². The van der Waals surface area contributed by atoms with Gasteiger partial charge >= 0.3 is 0 Å². The lowest BCUT2D eigenvalue weighted by atomic mass is 9.97. The number of anilines is 1. The standard InChI is InChI=1S/C24H34N2O3S/c1-18(2)17-22(21-12-7-6-8-13-21)25-24(27)15-10-16-26(30(5,28)29)23-14-9-11-19(3)20(23)4/h6-9,11-14,18,22H,10,15-17H2,1-5H3,(H,25,27)/t22-/m1/s1. The highest BCUT2D eigenvalue weighted by Crippen LogP contribution is 2.25. The van der Waals surface area contributed by atoms with Crippen LogP contribution in [0.4, 0.5) is 5.69 Å². The summed E-state index contributed by atoms with van der Waals surface area (Å²) in [5.74, 6) is 0.388. The maximum atomic E-state index is 12.6. The molecular weight excluding hydrogens is 396 g/mol. The Bertz CT molecular complexity index is 940. The van der Waals surface area contributed by atoms with E-state index >= 15 is 0 Å². The lowest BCUT2D eigenvalue weighted by Crippen LogP contribution is -2.33. The number of rotatable bonds is 10. The zero-order chi connectivity index (χ0) is 22.3. The average molecular weight is 431 g/mol. The molecule has 6 heteroatoms. The van der Waals surface area contributed by atoms with Crippen molar-refractivity contribution in [3.8, 4) is 0 Å². The van der Waals surface area contributed by atoms with Crippen LogP contribution in [0.5, 0.6) is 0 Å². The van der Waals surface area contributed by atoms with Crippen molar-refractivity contribution in [1.29, 1.82) is 0 Å². The van der Waals surface area contributed by atoms with E-state index in [-0.39, 0.29) is 24.9 Å². The third kappa shape index (κ3) is 6.87. The van der Waals surface area contributed by atoms with E-state index in [4.69, 9.17) is 0 Å². The minimum absolute atomic E-state index is 0.0382. The molecule has 0 unspecified atom stereocenters. The van der Waals surface area contributed by atoms with Crippen LogP contribution in [0.3, 0.4) is 0 Å². The summed E-state index contributed by atoms with van der Waals surface area (Å²) in [5.41, 5.74) is 3.75. The summed E-state index contributed by atoms with van der Waals surface area (Å²) in [6, 6.07) is 15.6. The zero-order valence-electron chi connectivity index (χ0n) is 18.7. The summed E-state index contributed by atoms with van der Waals surface area (Å²) in [6.07, 6.45) is 2.80. The third-order valence-corrected chi connectivity index (χ3v) is 6.43. The number of amides is 1. The number of aryl methyl sites for hydroxylation is 1. The molecule has 0 saturated carbocycles. The van der Waals surface area contributed by atoms with Crippen molar-refractivity contribution in [2.24, 2.45) is 5.92 Å². The monoisotopic (exact) mass is 430 g/mol. The minimum Gasteiger partial charge on any atom is -0.349 e. The van der Waals surface area contributed by atoms with Crippen LogP contribution in [-0.4, -0.2) is 27.1 Å². The fourth-order valence-corrected chi connectivity index (χ4v) is 4.57. The van der Waals surface area contributed by atoms with Gasteiger partial charge in [-0.3, -0.25) is 9.10 Å². The number of nitrogens with zero attached hydrogens (tertiary/aromatic N) is 1. The van der Waals surface area contributed by atoms with E-state index in [0.717, 1.165) is 23.1 Å². The first-order valence-corrected chi connectivity index (χ1v) is 12.3. The van der Waals surface area contributed by atoms with Gasteiger partial charge in [0, 0.05) is 13.0 Å². The van der Waals surface area contributed by atoms with Crippen LogP contribution in [0.1, 0.15) is 55.8 Å². The first-order valence-electron chi connectivity index (χ1n) is 10.5. The smallest absolute Gasteiger partial charge is 0.232 e. The van der Waals surface area contributed by atoms with Crippen LogP contribution < -0.4 is 9.62 Å². The average Bonchev–Trinajstić information content (AvgIpc) is 2.67. The number of benzene rings is 2. The molecule has 0 spiro atoms. The van der Waals surface area contributed by atoms with Gasteiger partial charge < -0.3 is 5.32 Å². The second-order valence-electron chi connectivity index (χ2n) is 8.32. The van der Waals surface area contributed by atoms with Crippen molar-refractivity contribution in [3.63, 3.8) is 0 Å². The van der Waals surface area contributed by atoms with Gasteiger partial charge in [0.15, 0.2) is 0 Å². The first kappa shape index (κ1) is 23.9. The summed E-state index contributed by atoms with van der Waals surface area (Å²) in [7, 11) is -3.44. The van der Waals surface area contributed by atoms with E-state index in [0.29, 0.717) is 18.0 Å². The Morgan fingerprint density at radius 2 is 1.70 bits per heavy atom. The molecule has 164 valence electrons. The highest BCUT2D eigenvalue weighted by atomic mass is 32.2. The van der Waals surface area contributed by atoms with Crippen molar-refractivity contribution in [3.05, 3.63) is 65.2 Å². The highest BCUT2D eigenvalue weighted by molar-refractivity contribution is 7.92. The number of carbonyl (C=O) groups is 1. The lowest BCUT2D eigenvalue weighted by molar-refractivity contribution is -0.122. The van der Waals surface area contributed by atoms with E-state index < -0.39 is 10.0 Å². The summed E-state index contributed by atoms with van der Waals surface area (Å²) in [6.45, 7) is 8.43. The predicted octanol–water partition coefficient (Wildman–Crippen LogP) is 4.75. The first-order chi connectivity index (χ1) is 14.1. The SMILES string of the molecule is Cc1cccc(N(CCCC(=O)N[C@H](CC(C)C)c2ccccc2)S(C)(=O)=O)c1C. The Balaban J connectivity index is 2.03. The van der Waals surface area contributed by atoms with Crippen LogP contribution in [0.2, 0.25) is 0 Å². The Kier molecular flexibility index (Phi) is 8.47. The van der Waals surface area contributed by atoms with Crippen molar-refractivity contribution >= 4 is 21.6 Å². The topological polar surface area (TPSA) is 66.5 Å². The highest BCUT2D eigenvalue weighted by Gasteiger charge is 2.21. The van der Waals surface area contributed by atoms with Crippen LogP contribution in [0, 0.1) is 19.8 Å². The summed E-state index contributed by atoms with van der Waals surface area (Å²) in [4.78, 5) is 12.6. The molecule has 0 bridgehead atoms. The van der Waals surface area contributed by atoms with Gasteiger partial charge in [-0.1, -0.05) is 56.3 Å². The number of hydrogen-bond donors (Lipinski definition) is 1. The Morgan fingerprint density at radius 3 is 2.30 bits per heavy atom. The molecular formula is C24H34N2O3S. The molecule has 1 amide bonds. The van der Waals surface area contributed by atoms with Gasteiger partial charge in [-0.2, -0.15) is 0 Å². The molecule has 1 atom stereocenters. The maximum absolute atomic E-state index is 12.6. The molecule has 2 rings (SSSR count). The predicted molar refractivity (Wildman–Crippen MR) is 124 cm³/mol. The van der Waals surface area contributed by atoms with Crippen molar-refractivity contribution < 1.29 is 13.2 Å². The summed E-state index contributed by atoms with van der Waals surface area (Å²) in [5, 5.41) is 3.13. The molecule has 0 heterocycles. The number of hydrogen-bond acceptors (Lipinski definition) is 3. The molecule has 2 aromatic carbocycles. The molecule has 30 heavy (non-hydrogen) atoms. The normalized spacial score (nSPS) is 12.6. The molecule has 0 fully saturated rings. The van der Waals surface area contributed by atoms with Crippen molar-refractivity contribution in [1.82, 2.24) is 5.32 Å². The van der Waals surface area contributed by atoms with E-state index in [1.165, 1.54) is 10.6 Å². The van der Waals surface area contributed by atoms with Crippen LogP contribution in [0.25, 0.3) is 0 Å². The third-order valence-electron chi connectivity index (χ3n) is 5.25. The van der Waals surface area contributed by atoms with Gasteiger partial charge in [0.05, 0.1) is 18.0 Å². The fraction of sp³-hybridized carbons (Fsp3) is 0.458. The number of sulfonamides is 1. The second-order valence-corrected chi connectivity index (χ2v) is 10.2. The molecule has 0 aromatic heterocycles. The molecule has 0 radical (unpaired) electrons. The van der Waals surface area contributed by atoms with Crippen LogP contribution in [0.15, 0.2) is 48.5 Å². The quantitative estimate of drug-likeness (QED) is 0.591. The molecule has 2 aromatic rings. The molecule has 0 saturated heterocycles. The van der Waals surface area contributed by atoms with Gasteiger partial charge in [0.2, 0.25) is 15.9 Å². The van der Waals surface area contributed by atoms with E-state index in [9.17, 15) is 13.2 Å². The van der Waals surface area contributed by atoms with Crippen LogP contribution in [-0.2, 0) is 14.8 Å². The van der Waals surface area contributed by atoms with Gasteiger partial charge in [-0.15, -0.1) is 0 Å². The van der Waals surface area contributed by atoms with Crippen molar-refractivity contribution in [2.75, 3.05) is 17.1 Å². The molecule has 5 nitrogen and oxygen atoms in total. The number of carbonyl (C=O) groups excluding carboxylic acids is 1. The van der Waals surface area contributed by atoms with E-state index in [1.54, 1.807) is 0 Å². The van der Waals surface area contributed by atoms with Crippen LogP contribution >= 0.6 is 0 Å². The molecule has 0 aliphatic carbocycles. The Labute approximate surface area is 181 Å². The largest absolute Gasteiger partial charge is 0.349 e. The Hall–Kier alpha value is -2.34. The fourth-order valence-electron chi connectivity index (χ4n) is 3.56. The van der Waals surface area contributed by atoms with Gasteiger partial charge in [-0.25, -0.2) is 8.42 Å². The molecule has 0 aliphatic heterocycles. The van der Waals surface area contributed by atoms with E-state index in [2.05, 4.69) is 19.2 Å². The zero-order valence-corrected chi connectivity index (χ0v) is 19.5. The summed E-state index contributed by atoms with van der Waals surface area (Å²) >= 11 is 0. The summed E-state index contributed by atoms with van der Waals surface area (Å²) < 4.78 is 26.2. The van der Waals surface area contributed by atoms with Gasteiger partial charge in [0.25, 0.3) is 0 Å². The minimum atomic E-state index is -3.44. The lowest BCUT2D eigenvalue weighted by Gasteiger charge is -2.25. The Morgan fingerprint density at radius 1 is 1.03 bits per heavy atom. The maximum Gasteiger partial charge on any atom is 0.232 e. The molecule has 1 N–H and O–H groups in total. The molecule has 0 aliphatic rings. The number of nitrogens with one attached hydrogen (secondary N) is 1.